The van der Waals surface area contributed by atoms with E-state index in [1.807, 2.05) is 32.9 Å². The zero-order valence-corrected chi connectivity index (χ0v) is 15.0. The summed E-state index contributed by atoms with van der Waals surface area (Å²) in [6, 6.07) is 4.36. The normalized spacial score (nSPS) is 13.0. The predicted molar refractivity (Wildman–Crippen MR) is 96.2 cm³/mol. The van der Waals surface area contributed by atoms with Crippen LogP contribution in [0.2, 0.25) is 0 Å². The molecule has 1 aromatic rings. The van der Waals surface area contributed by atoms with Gasteiger partial charge in [-0.05, 0) is 43.0 Å². The Balaban J connectivity index is 2.67. The Hall–Kier alpha value is -2.24. The van der Waals surface area contributed by atoms with Crippen LogP contribution in [-0.4, -0.2) is 24.6 Å². The van der Waals surface area contributed by atoms with Crippen molar-refractivity contribution in [1.29, 1.82) is 0 Å². The molecule has 0 fully saturated rings. The molecule has 0 aromatic heterocycles. The second-order valence-electron chi connectivity index (χ2n) is 6.04. The molecule has 2 atom stereocenters. The molecule has 0 aliphatic heterocycles. The Morgan fingerprint density at radius 3 is 2.54 bits per heavy atom. The fraction of sp³-hybridized carbons (Fsp3) is 0.556. The average molecular weight is 335 g/mol. The molecule has 4 N–H and O–H groups in total. The number of carbonyl (C=O) groups excluding carboxylic acids is 2. The average Bonchev–Trinajstić information content (AvgIpc) is 2.54. The number of rotatable bonds is 9. The molecular formula is C18H29N3O3. The van der Waals surface area contributed by atoms with Crippen molar-refractivity contribution in [2.75, 3.05) is 11.9 Å². The number of primary amides is 1. The Bertz CT molecular complexity index is 560. The molecule has 0 radical (unpaired) electrons. The van der Waals surface area contributed by atoms with Crippen LogP contribution in [0.15, 0.2) is 18.2 Å². The van der Waals surface area contributed by atoms with Gasteiger partial charge in [-0.25, -0.2) is 4.79 Å². The van der Waals surface area contributed by atoms with Gasteiger partial charge in [0, 0.05) is 5.69 Å². The van der Waals surface area contributed by atoms with Gasteiger partial charge in [-0.2, -0.15) is 0 Å². The number of unbranched alkanes of at least 4 members (excludes halogenated alkanes) is 1. The highest BCUT2D eigenvalue weighted by Crippen LogP contribution is 2.21. The third-order valence-corrected chi connectivity index (χ3v) is 4.02. The lowest BCUT2D eigenvalue weighted by molar-refractivity contribution is -0.120. The molecule has 0 aliphatic carbocycles. The quantitative estimate of drug-likeness (QED) is 0.605. The maximum Gasteiger partial charge on any atom is 0.319 e. The lowest BCUT2D eigenvalue weighted by Crippen LogP contribution is -2.49. The number of nitrogens with one attached hydrogen (secondary N) is 2. The fourth-order valence-corrected chi connectivity index (χ4v) is 2.23. The number of amides is 3. The van der Waals surface area contributed by atoms with Crippen LogP contribution in [0.1, 0.15) is 45.6 Å². The molecule has 0 saturated carbocycles. The Morgan fingerprint density at radius 2 is 2.00 bits per heavy atom. The number of nitrogens with two attached hydrogens (primary N) is 1. The third-order valence-electron chi connectivity index (χ3n) is 4.02. The van der Waals surface area contributed by atoms with Crippen molar-refractivity contribution in [3.63, 3.8) is 0 Å². The van der Waals surface area contributed by atoms with Crippen LogP contribution >= 0.6 is 0 Å². The number of benzene rings is 1. The van der Waals surface area contributed by atoms with Gasteiger partial charge in [0.25, 0.3) is 0 Å². The van der Waals surface area contributed by atoms with Crippen LogP contribution < -0.4 is 21.1 Å². The van der Waals surface area contributed by atoms with Crippen molar-refractivity contribution in [3.8, 4) is 5.75 Å². The lowest BCUT2D eigenvalue weighted by Gasteiger charge is -2.21. The first-order valence-electron chi connectivity index (χ1n) is 8.49. The molecule has 6 nitrogen and oxygen atoms in total. The monoisotopic (exact) mass is 335 g/mol. The van der Waals surface area contributed by atoms with Crippen molar-refractivity contribution in [2.45, 2.75) is 53.0 Å². The molecule has 6 heteroatoms. The number of carbonyl (C=O) groups is 2. The van der Waals surface area contributed by atoms with E-state index in [9.17, 15) is 9.59 Å². The Kier molecular flexibility index (Phi) is 8.09. The van der Waals surface area contributed by atoms with Crippen LogP contribution in [-0.2, 0) is 4.79 Å². The van der Waals surface area contributed by atoms with E-state index < -0.39 is 18.0 Å². The van der Waals surface area contributed by atoms with Crippen LogP contribution in [0.5, 0.6) is 5.75 Å². The van der Waals surface area contributed by atoms with Gasteiger partial charge < -0.3 is 21.1 Å². The molecule has 0 aliphatic rings. The number of aryl methyl sites for hydroxylation is 1. The topological polar surface area (TPSA) is 93.4 Å². The summed E-state index contributed by atoms with van der Waals surface area (Å²) in [6.45, 7) is 8.50. The second kappa shape index (κ2) is 9.80. The van der Waals surface area contributed by atoms with E-state index in [2.05, 4.69) is 17.6 Å². The summed E-state index contributed by atoms with van der Waals surface area (Å²) in [5.41, 5.74) is 6.92. The molecule has 0 bridgehead atoms. The number of hydrogen-bond acceptors (Lipinski definition) is 3. The van der Waals surface area contributed by atoms with Gasteiger partial charge in [-0.3, -0.25) is 4.79 Å². The fourth-order valence-electron chi connectivity index (χ4n) is 2.23. The van der Waals surface area contributed by atoms with Crippen LogP contribution in [0, 0.1) is 12.8 Å². The van der Waals surface area contributed by atoms with Crippen molar-refractivity contribution in [1.82, 2.24) is 5.32 Å². The van der Waals surface area contributed by atoms with E-state index >= 15 is 0 Å². The van der Waals surface area contributed by atoms with Gasteiger partial charge in [0.2, 0.25) is 5.91 Å². The maximum atomic E-state index is 12.1. The zero-order valence-electron chi connectivity index (χ0n) is 15.0. The van der Waals surface area contributed by atoms with Crippen molar-refractivity contribution >= 4 is 17.6 Å². The van der Waals surface area contributed by atoms with Crippen LogP contribution in [0.3, 0.4) is 0 Å². The molecule has 0 spiro atoms. The van der Waals surface area contributed by atoms with Gasteiger partial charge in [-0.15, -0.1) is 0 Å². The number of urea groups is 1. The molecule has 1 rings (SSSR count). The van der Waals surface area contributed by atoms with Gasteiger partial charge in [0.1, 0.15) is 11.8 Å². The maximum absolute atomic E-state index is 12.1. The van der Waals surface area contributed by atoms with Gasteiger partial charge in [-0.1, -0.05) is 33.6 Å². The summed E-state index contributed by atoms with van der Waals surface area (Å²) in [4.78, 5) is 23.6. The molecule has 3 amide bonds. The summed E-state index contributed by atoms with van der Waals surface area (Å²) >= 11 is 0. The first-order valence-corrected chi connectivity index (χ1v) is 8.49. The molecule has 1 aromatic carbocycles. The van der Waals surface area contributed by atoms with Crippen molar-refractivity contribution < 1.29 is 14.3 Å². The highest BCUT2D eigenvalue weighted by Gasteiger charge is 2.23. The third kappa shape index (κ3) is 6.10. The smallest absolute Gasteiger partial charge is 0.319 e. The first-order chi connectivity index (χ1) is 11.4. The SMILES string of the molecule is CCCCOc1ccc(NC(=O)N[C@@H](C(N)=O)[C@@H](C)CC)c(C)c1. The summed E-state index contributed by atoms with van der Waals surface area (Å²) < 4.78 is 5.64. The number of anilines is 1. The molecule has 0 heterocycles. The summed E-state index contributed by atoms with van der Waals surface area (Å²) in [6.07, 6.45) is 2.83. The molecule has 0 saturated heterocycles. The minimum Gasteiger partial charge on any atom is -0.494 e. The summed E-state index contributed by atoms with van der Waals surface area (Å²) in [5, 5.41) is 5.40. The molecule has 0 unspecified atom stereocenters. The van der Waals surface area contributed by atoms with E-state index in [0.717, 1.165) is 30.6 Å². The predicted octanol–water partition coefficient (Wildman–Crippen LogP) is 3.20. The highest BCUT2D eigenvalue weighted by atomic mass is 16.5. The van der Waals surface area contributed by atoms with E-state index in [-0.39, 0.29) is 5.92 Å². The largest absolute Gasteiger partial charge is 0.494 e. The van der Waals surface area contributed by atoms with E-state index in [1.54, 1.807) is 6.07 Å². The standard InChI is InChI=1S/C18H29N3O3/c1-5-7-10-24-14-8-9-15(13(4)11-14)20-18(23)21-16(17(19)22)12(3)6-2/h8-9,11-12,16H,5-7,10H2,1-4H3,(H2,19,22)(H2,20,21,23)/t12-,16+/m0/s1. The second-order valence-corrected chi connectivity index (χ2v) is 6.04. The van der Waals surface area contributed by atoms with Crippen LogP contribution in [0.4, 0.5) is 10.5 Å². The Labute approximate surface area is 144 Å². The highest BCUT2D eigenvalue weighted by molar-refractivity contribution is 5.94. The number of ether oxygens (including phenoxy) is 1. The van der Waals surface area contributed by atoms with Gasteiger partial charge in [0.15, 0.2) is 0 Å². The van der Waals surface area contributed by atoms with Crippen LogP contribution in [0.25, 0.3) is 0 Å². The van der Waals surface area contributed by atoms with E-state index in [4.69, 9.17) is 10.5 Å². The summed E-state index contributed by atoms with van der Waals surface area (Å²) in [5.74, 6) is 0.223. The molecule has 24 heavy (non-hydrogen) atoms. The van der Waals surface area contributed by atoms with E-state index in [0.29, 0.717) is 12.3 Å². The van der Waals surface area contributed by atoms with E-state index in [1.165, 1.54) is 0 Å². The molecule has 134 valence electrons. The lowest BCUT2D eigenvalue weighted by atomic mass is 9.99. The minimum atomic E-state index is -0.688. The first kappa shape index (κ1) is 19.8. The van der Waals surface area contributed by atoms with Gasteiger partial charge >= 0.3 is 6.03 Å². The van der Waals surface area contributed by atoms with Gasteiger partial charge in [0.05, 0.1) is 6.61 Å². The Morgan fingerprint density at radius 1 is 1.29 bits per heavy atom. The summed E-state index contributed by atoms with van der Waals surface area (Å²) in [7, 11) is 0. The molecular weight excluding hydrogens is 306 g/mol. The zero-order chi connectivity index (χ0) is 18.1. The number of hydrogen-bond donors (Lipinski definition) is 3. The van der Waals surface area contributed by atoms with Crippen molar-refractivity contribution in [2.24, 2.45) is 11.7 Å². The minimum absolute atomic E-state index is 0.0244. The van der Waals surface area contributed by atoms with Crippen molar-refractivity contribution in [3.05, 3.63) is 23.8 Å².